The maximum absolute atomic E-state index is 13.2. The molecule has 0 radical (unpaired) electrons. The van der Waals surface area contributed by atoms with E-state index in [1.807, 2.05) is 35.2 Å². The number of anilines is 1. The van der Waals surface area contributed by atoms with Crippen LogP contribution in [0.15, 0.2) is 47.0 Å². The Kier molecular flexibility index (Phi) is 8.68. The van der Waals surface area contributed by atoms with Gasteiger partial charge in [-0.1, -0.05) is 34.2 Å². The topological polar surface area (TPSA) is 154 Å². The first kappa shape index (κ1) is 26.9. The number of halogens is 1. The van der Waals surface area contributed by atoms with E-state index in [0.717, 1.165) is 11.3 Å². The number of thioether (sulfide) groups is 2. The molecule has 3 amide bonds. The van der Waals surface area contributed by atoms with Gasteiger partial charge in [-0.25, -0.2) is 14.3 Å². The summed E-state index contributed by atoms with van der Waals surface area (Å²) < 4.78 is 1.91. The van der Waals surface area contributed by atoms with Crippen LogP contribution in [-0.4, -0.2) is 74.3 Å². The Balaban J connectivity index is 1.55. The van der Waals surface area contributed by atoms with Gasteiger partial charge < -0.3 is 20.6 Å². The average Bonchev–Trinajstić information content (AvgIpc) is 3.24. The Bertz CT molecular complexity index is 1290. The van der Waals surface area contributed by atoms with E-state index in [4.69, 9.17) is 16.4 Å². The second-order valence-corrected chi connectivity index (χ2v) is 11.1. The Labute approximate surface area is 228 Å². The highest BCUT2D eigenvalue weighted by Gasteiger charge is 2.54. The van der Waals surface area contributed by atoms with Crippen molar-refractivity contribution in [2.75, 3.05) is 23.3 Å². The molecule has 2 atom stereocenters. The van der Waals surface area contributed by atoms with Gasteiger partial charge in [0.15, 0.2) is 35.7 Å². The zero-order valence-electron chi connectivity index (χ0n) is 19.1. The van der Waals surface area contributed by atoms with Crippen LogP contribution in [0.25, 0.3) is 0 Å². The SMILES string of the molecule is CSCON=C(C(=O)NC1C(=O)N2C(C(=O)O)=C(C[n+]3ccccc3)CS[C@H]12)c1nc(NC=O)sc1Cl. The molecule has 2 aromatic heterocycles. The number of fused-ring (bicyclic) bond motifs is 1. The molecule has 1 saturated heterocycles. The quantitative estimate of drug-likeness (QED) is 0.0671. The number of hydrogen-bond donors (Lipinski definition) is 3. The number of oxime groups is 1. The van der Waals surface area contributed by atoms with Gasteiger partial charge in [-0.15, -0.1) is 23.5 Å². The molecule has 194 valence electrons. The molecule has 0 aromatic carbocycles. The molecule has 2 aliphatic rings. The van der Waals surface area contributed by atoms with Crippen molar-refractivity contribution in [1.82, 2.24) is 15.2 Å². The number of carboxylic acid groups (broad SMARTS) is 1. The van der Waals surface area contributed by atoms with Crippen LogP contribution < -0.4 is 15.2 Å². The summed E-state index contributed by atoms with van der Waals surface area (Å²) in [7, 11) is 0. The lowest BCUT2D eigenvalue weighted by atomic mass is 10.0. The van der Waals surface area contributed by atoms with Gasteiger partial charge in [0.25, 0.3) is 11.8 Å². The van der Waals surface area contributed by atoms with Gasteiger partial charge in [-0.2, -0.15) is 0 Å². The van der Waals surface area contributed by atoms with Gasteiger partial charge in [0.05, 0.1) is 0 Å². The molecule has 1 unspecified atom stereocenters. The maximum atomic E-state index is 13.2. The maximum Gasteiger partial charge on any atom is 0.352 e. The molecule has 4 rings (SSSR count). The van der Waals surface area contributed by atoms with Gasteiger partial charge in [0, 0.05) is 23.5 Å². The van der Waals surface area contributed by atoms with Gasteiger partial charge in [-0.3, -0.25) is 19.3 Å². The Morgan fingerprint density at radius 2 is 2.16 bits per heavy atom. The third kappa shape index (κ3) is 5.74. The lowest BCUT2D eigenvalue weighted by molar-refractivity contribution is -0.689. The summed E-state index contributed by atoms with van der Waals surface area (Å²) in [5, 5.41) is 18.2. The monoisotopic (exact) mass is 583 g/mol. The smallest absolute Gasteiger partial charge is 0.352 e. The highest BCUT2D eigenvalue weighted by Crippen LogP contribution is 2.40. The van der Waals surface area contributed by atoms with Crippen LogP contribution >= 0.6 is 46.5 Å². The second-order valence-electron chi connectivity index (χ2n) is 7.55. The molecule has 12 nitrogen and oxygen atoms in total. The largest absolute Gasteiger partial charge is 0.477 e. The number of pyridine rings is 1. The standard InChI is InChI=1S/C21H19ClN6O6S3/c1-35-10-34-26-13(12-16(22)37-21(25-12)23-9-29)17(30)24-14-18(31)28-15(20(32)33)11(8-36-19(14)28)7-27-5-3-2-4-6-27/h2-6,9,14,19H,7-8,10H2,1H3,(H2-,23,24,25,29,30,32,33)/p+1/t14?,19-/m1/s1. The van der Waals surface area contributed by atoms with Crippen LogP contribution in [-0.2, 0) is 30.6 Å². The van der Waals surface area contributed by atoms with Crippen molar-refractivity contribution in [2.24, 2.45) is 5.16 Å². The van der Waals surface area contributed by atoms with E-state index in [1.165, 1.54) is 28.4 Å². The van der Waals surface area contributed by atoms with Gasteiger partial charge in [0.1, 0.15) is 27.1 Å². The number of carbonyl (C=O) groups is 4. The first-order valence-corrected chi connectivity index (χ1v) is 14.2. The molecule has 0 spiro atoms. The summed E-state index contributed by atoms with van der Waals surface area (Å²) in [5.74, 6) is -2.05. The number of carbonyl (C=O) groups excluding carboxylic acids is 3. The predicted molar refractivity (Wildman–Crippen MR) is 139 cm³/mol. The predicted octanol–water partition coefficient (Wildman–Crippen LogP) is 1.13. The van der Waals surface area contributed by atoms with Crippen LogP contribution in [0.2, 0.25) is 4.34 Å². The van der Waals surface area contributed by atoms with Crippen molar-refractivity contribution in [3.8, 4) is 0 Å². The minimum absolute atomic E-state index is 0.0251. The van der Waals surface area contributed by atoms with E-state index in [9.17, 15) is 24.3 Å². The summed E-state index contributed by atoms with van der Waals surface area (Å²) in [6, 6.07) is 4.51. The molecule has 4 heterocycles. The van der Waals surface area contributed by atoms with E-state index >= 15 is 0 Å². The second kappa shape index (κ2) is 11.9. The number of nitrogens with zero attached hydrogens (tertiary/aromatic N) is 4. The number of aliphatic carboxylic acids is 1. The molecule has 3 N–H and O–H groups in total. The molecular weight excluding hydrogens is 564 g/mol. The van der Waals surface area contributed by atoms with Gasteiger partial charge in [0.2, 0.25) is 6.41 Å². The molecule has 0 bridgehead atoms. The zero-order chi connectivity index (χ0) is 26.5. The molecule has 16 heteroatoms. The molecule has 37 heavy (non-hydrogen) atoms. The Morgan fingerprint density at radius 3 is 2.84 bits per heavy atom. The fraction of sp³-hybridized carbons (Fsp3) is 0.286. The third-order valence-corrected chi connectivity index (χ3v) is 8.09. The summed E-state index contributed by atoms with van der Waals surface area (Å²) >= 11 is 9.81. The minimum atomic E-state index is -1.22. The van der Waals surface area contributed by atoms with Crippen molar-refractivity contribution >= 4 is 81.5 Å². The van der Waals surface area contributed by atoms with Crippen LogP contribution in [0.3, 0.4) is 0 Å². The number of hydrogen-bond acceptors (Lipinski definition) is 10. The van der Waals surface area contributed by atoms with Crippen molar-refractivity contribution in [3.05, 3.63) is 51.9 Å². The highest BCUT2D eigenvalue weighted by molar-refractivity contribution is 8.00. The molecule has 0 saturated carbocycles. The molecule has 2 aromatic rings. The summed E-state index contributed by atoms with van der Waals surface area (Å²) in [5.41, 5.74) is 0.194. The summed E-state index contributed by atoms with van der Waals surface area (Å²) in [6.07, 6.45) is 5.81. The van der Waals surface area contributed by atoms with Crippen LogP contribution in [0.5, 0.6) is 0 Å². The molecule has 2 aliphatic heterocycles. The first-order chi connectivity index (χ1) is 17.8. The summed E-state index contributed by atoms with van der Waals surface area (Å²) in [6.45, 7) is 0.312. The van der Waals surface area contributed by atoms with Crippen molar-refractivity contribution in [2.45, 2.75) is 18.0 Å². The number of carboxylic acids is 1. The van der Waals surface area contributed by atoms with E-state index in [-0.39, 0.29) is 32.5 Å². The number of thiazole rings is 1. The highest BCUT2D eigenvalue weighted by atomic mass is 35.5. The molecule has 0 aliphatic carbocycles. The zero-order valence-corrected chi connectivity index (χ0v) is 22.3. The van der Waals surface area contributed by atoms with E-state index in [0.29, 0.717) is 24.3 Å². The third-order valence-electron chi connectivity index (χ3n) is 5.22. The van der Waals surface area contributed by atoms with E-state index in [1.54, 1.807) is 6.26 Å². The van der Waals surface area contributed by atoms with Crippen molar-refractivity contribution < 1.29 is 33.7 Å². The number of aromatic nitrogens is 2. The van der Waals surface area contributed by atoms with E-state index in [2.05, 4.69) is 20.8 Å². The Hall–Kier alpha value is -3.14. The summed E-state index contributed by atoms with van der Waals surface area (Å²) in [4.78, 5) is 59.5. The lowest BCUT2D eigenvalue weighted by Crippen LogP contribution is -2.71. The van der Waals surface area contributed by atoms with Crippen LogP contribution in [0.1, 0.15) is 5.69 Å². The fourth-order valence-corrected chi connectivity index (χ4v) is 6.17. The average molecular weight is 584 g/mol. The number of rotatable bonds is 11. The Morgan fingerprint density at radius 1 is 1.41 bits per heavy atom. The van der Waals surface area contributed by atoms with Gasteiger partial charge in [-0.05, 0) is 6.26 Å². The number of nitrogens with one attached hydrogen (secondary N) is 2. The normalized spacial score (nSPS) is 19.1. The number of β-lactam (4-membered cyclic amide) rings is 1. The first-order valence-electron chi connectivity index (χ1n) is 10.6. The van der Waals surface area contributed by atoms with Crippen molar-refractivity contribution in [1.29, 1.82) is 0 Å². The molecule has 1 fully saturated rings. The fourth-order valence-electron chi connectivity index (χ4n) is 3.67. The van der Waals surface area contributed by atoms with Gasteiger partial charge >= 0.3 is 5.97 Å². The minimum Gasteiger partial charge on any atom is -0.477 e. The molecular formula is C21H20ClN6O6S3+. The van der Waals surface area contributed by atoms with Crippen molar-refractivity contribution in [3.63, 3.8) is 0 Å². The van der Waals surface area contributed by atoms with Crippen LogP contribution in [0, 0.1) is 0 Å². The van der Waals surface area contributed by atoms with E-state index < -0.39 is 29.2 Å². The van der Waals surface area contributed by atoms with Crippen LogP contribution in [0.4, 0.5) is 5.13 Å². The number of amides is 3. The lowest BCUT2D eigenvalue weighted by Gasteiger charge is -2.49.